The summed E-state index contributed by atoms with van der Waals surface area (Å²) in [4.78, 5) is 21.9. The maximum Gasteiger partial charge on any atom is 0.330 e. The standard InChI is InChI=1S/C18H24O6/c1-3-18(20)24-10-4-9-21-11-12-22-13-14-23-17-7-5-16(6-8-17)15(2)19/h3,5-8H,1,4,9-14H2,2H3. The summed E-state index contributed by atoms with van der Waals surface area (Å²) in [7, 11) is 0. The molecule has 0 N–H and O–H groups in total. The van der Waals surface area contributed by atoms with Crippen LogP contribution in [-0.2, 0) is 19.0 Å². The first kappa shape index (κ1) is 19.9. The number of hydrogen-bond acceptors (Lipinski definition) is 6. The van der Waals surface area contributed by atoms with Crippen molar-refractivity contribution in [1.82, 2.24) is 0 Å². The molecular weight excluding hydrogens is 312 g/mol. The molecule has 0 saturated heterocycles. The second kappa shape index (κ2) is 12.3. The average Bonchev–Trinajstić information content (AvgIpc) is 2.59. The molecule has 0 aliphatic carbocycles. The quantitative estimate of drug-likeness (QED) is 0.238. The molecule has 0 aromatic heterocycles. The number of benzene rings is 1. The summed E-state index contributed by atoms with van der Waals surface area (Å²) in [5, 5.41) is 0. The Balaban J connectivity index is 1.92. The molecule has 6 nitrogen and oxygen atoms in total. The second-order valence-corrected chi connectivity index (χ2v) is 4.88. The molecule has 0 atom stereocenters. The van der Waals surface area contributed by atoms with Crippen molar-refractivity contribution in [3.05, 3.63) is 42.5 Å². The Morgan fingerprint density at radius 1 is 0.958 bits per heavy atom. The van der Waals surface area contributed by atoms with Crippen LogP contribution in [0.5, 0.6) is 5.75 Å². The third-order valence-corrected chi connectivity index (χ3v) is 2.97. The Morgan fingerprint density at radius 2 is 1.58 bits per heavy atom. The third kappa shape index (κ3) is 9.07. The van der Waals surface area contributed by atoms with Gasteiger partial charge in [-0.05, 0) is 31.2 Å². The van der Waals surface area contributed by atoms with Crippen LogP contribution in [0.2, 0.25) is 0 Å². The lowest BCUT2D eigenvalue weighted by molar-refractivity contribution is -0.138. The van der Waals surface area contributed by atoms with E-state index in [9.17, 15) is 9.59 Å². The first-order valence-electron chi connectivity index (χ1n) is 7.82. The smallest absolute Gasteiger partial charge is 0.330 e. The number of carbonyl (C=O) groups excluding carboxylic acids is 2. The van der Waals surface area contributed by atoms with E-state index in [0.29, 0.717) is 57.4 Å². The van der Waals surface area contributed by atoms with Crippen molar-refractivity contribution in [2.75, 3.05) is 39.6 Å². The van der Waals surface area contributed by atoms with Crippen LogP contribution in [0.15, 0.2) is 36.9 Å². The molecule has 0 bridgehead atoms. The number of ether oxygens (including phenoxy) is 4. The Labute approximate surface area is 142 Å². The lowest BCUT2D eigenvalue weighted by atomic mass is 10.1. The van der Waals surface area contributed by atoms with Gasteiger partial charge in [0.25, 0.3) is 0 Å². The Morgan fingerprint density at radius 3 is 2.21 bits per heavy atom. The minimum atomic E-state index is -0.422. The highest BCUT2D eigenvalue weighted by atomic mass is 16.5. The van der Waals surface area contributed by atoms with Gasteiger partial charge in [0.15, 0.2) is 5.78 Å². The lowest BCUT2D eigenvalue weighted by Crippen LogP contribution is -2.12. The maximum atomic E-state index is 11.1. The molecule has 0 spiro atoms. The normalized spacial score (nSPS) is 10.2. The van der Waals surface area contributed by atoms with E-state index in [1.54, 1.807) is 24.3 Å². The van der Waals surface area contributed by atoms with Crippen LogP contribution in [0.4, 0.5) is 0 Å². The van der Waals surface area contributed by atoms with Crippen molar-refractivity contribution in [3.63, 3.8) is 0 Å². The largest absolute Gasteiger partial charge is 0.491 e. The molecule has 0 aliphatic rings. The Kier molecular flexibility index (Phi) is 10.2. The number of rotatable bonds is 13. The van der Waals surface area contributed by atoms with E-state index >= 15 is 0 Å². The van der Waals surface area contributed by atoms with E-state index in [4.69, 9.17) is 18.9 Å². The number of ketones is 1. The van der Waals surface area contributed by atoms with E-state index in [0.717, 1.165) is 6.08 Å². The summed E-state index contributed by atoms with van der Waals surface area (Å²) in [6.45, 7) is 7.49. The van der Waals surface area contributed by atoms with E-state index < -0.39 is 5.97 Å². The highest BCUT2D eigenvalue weighted by Gasteiger charge is 1.99. The zero-order valence-electron chi connectivity index (χ0n) is 14.0. The van der Waals surface area contributed by atoms with Gasteiger partial charge in [-0.1, -0.05) is 6.58 Å². The molecule has 1 aromatic rings. The van der Waals surface area contributed by atoms with Crippen molar-refractivity contribution in [2.45, 2.75) is 13.3 Å². The predicted octanol–water partition coefficient (Wildman–Crippen LogP) is 2.42. The molecule has 0 aliphatic heterocycles. The van der Waals surface area contributed by atoms with Crippen LogP contribution in [0.1, 0.15) is 23.7 Å². The van der Waals surface area contributed by atoms with Gasteiger partial charge in [0.1, 0.15) is 12.4 Å². The topological polar surface area (TPSA) is 71.1 Å². The summed E-state index contributed by atoms with van der Waals surface area (Å²) in [5.74, 6) is 0.312. The van der Waals surface area contributed by atoms with Crippen LogP contribution in [0.25, 0.3) is 0 Å². The van der Waals surface area contributed by atoms with Crippen molar-refractivity contribution in [1.29, 1.82) is 0 Å². The fraction of sp³-hybridized carbons (Fsp3) is 0.444. The minimum absolute atomic E-state index is 0.0313. The lowest BCUT2D eigenvalue weighted by Gasteiger charge is -2.08. The van der Waals surface area contributed by atoms with Gasteiger partial charge >= 0.3 is 5.97 Å². The van der Waals surface area contributed by atoms with Gasteiger partial charge in [-0.3, -0.25) is 4.79 Å². The highest BCUT2D eigenvalue weighted by molar-refractivity contribution is 5.94. The molecule has 0 saturated carbocycles. The molecule has 0 unspecified atom stereocenters. The van der Waals surface area contributed by atoms with Gasteiger partial charge in [0.2, 0.25) is 0 Å². The van der Waals surface area contributed by atoms with Crippen molar-refractivity contribution >= 4 is 11.8 Å². The fourth-order valence-corrected chi connectivity index (χ4v) is 1.72. The summed E-state index contributed by atoms with van der Waals surface area (Å²) < 4.78 is 21.0. The van der Waals surface area contributed by atoms with Gasteiger partial charge < -0.3 is 18.9 Å². The zero-order valence-corrected chi connectivity index (χ0v) is 14.0. The molecule has 1 aromatic carbocycles. The summed E-state index contributed by atoms with van der Waals surface area (Å²) in [6.07, 6.45) is 1.77. The summed E-state index contributed by atoms with van der Waals surface area (Å²) in [5.41, 5.74) is 0.662. The molecule has 0 radical (unpaired) electrons. The highest BCUT2D eigenvalue weighted by Crippen LogP contribution is 2.12. The number of hydrogen-bond donors (Lipinski definition) is 0. The van der Waals surface area contributed by atoms with Crippen LogP contribution < -0.4 is 4.74 Å². The molecule has 132 valence electrons. The maximum absolute atomic E-state index is 11.1. The van der Waals surface area contributed by atoms with Gasteiger partial charge in [-0.2, -0.15) is 0 Å². The number of esters is 1. The molecule has 0 amide bonds. The SMILES string of the molecule is C=CC(=O)OCCCOCCOCCOc1ccc(C(C)=O)cc1. The second-order valence-electron chi connectivity index (χ2n) is 4.88. The third-order valence-electron chi connectivity index (χ3n) is 2.97. The zero-order chi connectivity index (χ0) is 17.6. The van der Waals surface area contributed by atoms with Gasteiger partial charge in [0.05, 0.1) is 26.4 Å². The fourth-order valence-electron chi connectivity index (χ4n) is 1.72. The van der Waals surface area contributed by atoms with Crippen LogP contribution in [0, 0.1) is 0 Å². The first-order valence-corrected chi connectivity index (χ1v) is 7.82. The van der Waals surface area contributed by atoms with Crippen LogP contribution in [0.3, 0.4) is 0 Å². The summed E-state index contributed by atoms with van der Waals surface area (Å²) >= 11 is 0. The molecular formula is C18H24O6. The number of Topliss-reactive ketones (excluding diaryl/α,β-unsaturated/α-hetero) is 1. The molecule has 6 heteroatoms. The van der Waals surface area contributed by atoms with Crippen molar-refractivity contribution in [2.24, 2.45) is 0 Å². The molecule has 0 fully saturated rings. The van der Waals surface area contributed by atoms with E-state index in [-0.39, 0.29) is 5.78 Å². The van der Waals surface area contributed by atoms with Crippen molar-refractivity contribution < 1.29 is 28.5 Å². The van der Waals surface area contributed by atoms with Crippen LogP contribution in [-0.4, -0.2) is 51.4 Å². The van der Waals surface area contributed by atoms with Gasteiger partial charge in [-0.15, -0.1) is 0 Å². The summed E-state index contributed by atoms with van der Waals surface area (Å²) in [6, 6.07) is 7.00. The molecule has 1 rings (SSSR count). The average molecular weight is 336 g/mol. The Hall–Kier alpha value is -2.18. The van der Waals surface area contributed by atoms with E-state index in [1.165, 1.54) is 6.92 Å². The van der Waals surface area contributed by atoms with E-state index in [2.05, 4.69) is 6.58 Å². The van der Waals surface area contributed by atoms with Gasteiger partial charge in [0, 0.05) is 24.7 Å². The van der Waals surface area contributed by atoms with Crippen LogP contribution >= 0.6 is 0 Å². The predicted molar refractivity (Wildman–Crippen MR) is 89.4 cm³/mol. The minimum Gasteiger partial charge on any atom is -0.491 e. The van der Waals surface area contributed by atoms with Crippen molar-refractivity contribution in [3.8, 4) is 5.75 Å². The monoisotopic (exact) mass is 336 g/mol. The van der Waals surface area contributed by atoms with Gasteiger partial charge in [-0.25, -0.2) is 4.79 Å². The number of carbonyl (C=O) groups is 2. The van der Waals surface area contributed by atoms with E-state index in [1.807, 2.05) is 0 Å². The first-order chi connectivity index (χ1) is 11.6. The molecule has 24 heavy (non-hydrogen) atoms. The Bertz CT molecular complexity index is 509. The molecule has 0 heterocycles.